The molecule has 1 saturated heterocycles. The second-order valence-corrected chi connectivity index (χ2v) is 8.45. The van der Waals surface area contributed by atoms with Gasteiger partial charge in [-0.2, -0.15) is 0 Å². The Hall–Kier alpha value is -2.76. The van der Waals surface area contributed by atoms with Gasteiger partial charge in [-0.25, -0.2) is 4.98 Å². The number of aromatic nitrogens is 1. The smallest absolute Gasteiger partial charge is 0.191 e. The van der Waals surface area contributed by atoms with Crippen LogP contribution in [0.3, 0.4) is 0 Å². The minimum Gasteiger partial charge on any atom is -0.487 e. The number of pyridine rings is 1. The third-order valence-corrected chi connectivity index (χ3v) is 5.61. The molecular weight excluding hydrogens is 362 g/mol. The van der Waals surface area contributed by atoms with Crippen LogP contribution in [0.5, 0.6) is 5.75 Å². The molecule has 0 bridgehead atoms. The average Bonchev–Trinajstić information content (AvgIpc) is 3.25. The van der Waals surface area contributed by atoms with Crippen LogP contribution in [0, 0.1) is 0 Å². The monoisotopic (exact) mass is 393 g/mol. The van der Waals surface area contributed by atoms with E-state index >= 15 is 0 Å². The highest BCUT2D eigenvalue weighted by molar-refractivity contribution is 5.80. The maximum Gasteiger partial charge on any atom is 0.191 e. The maximum atomic E-state index is 6.13. The number of ether oxygens (including phenoxy) is 1. The molecule has 1 aromatic carbocycles. The lowest BCUT2D eigenvalue weighted by molar-refractivity contribution is 0.0694. The molecule has 0 radical (unpaired) electrons. The molecule has 0 spiro atoms. The molecule has 0 aliphatic carbocycles. The van der Waals surface area contributed by atoms with E-state index in [1.54, 1.807) is 7.05 Å². The zero-order valence-corrected chi connectivity index (χ0v) is 17.6. The summed E-state index contributed by atoms with van der Waals surface area (Å²) in [5.41, 5.74) is 2.09. The minimum absolute atomic E-state index is 0.150. The predicted octanol–water partition coefficient (Wildman–Crippen LogP) is 3.65. The van der Waals surface area contributed by atoms with E-state index < -0.39 is 0 Å². The van der Waals surface area contributed by atoms with E-state index in [9.17, 15) is 0 Å². The van der Waals surface area contributed by atoms with Crippen molar-refractivity contribution >= 4 is 11.8 Å². The number of rotatable bonds is 4. The molecular formula is C23H31N5O. The van der Waals surface area contributed by atoms with Crippen LogP contribution in [0.15, 0.2) is 47.6 Å². The van der Waals surface area contributed by atoms with Crippen molar-refractivity contribution in [2.45, 2.75) is 51.3 Å². The largest absolute Gasteiger partial charge is 0.487 e. The minimum atomic E-state index is -0.222. The number of hydrogen-bond donors (Lipinski definition) is 2. The molecule has 1 atom stereocenters. The quantitative estimate of drug-likeness (QED) is 0.613. The van der Waals surface area contributed by atoms with Crippen molar-refractivity contribution in [2.75, 3.05) is 25.0 Å². The highest BCUT2D eigenvalue weighted by Gasteiger charge is 2.33. The second kappa shape index (κ2) is 8.31. The van der Waals surface area contributed by atoms with Crippen molar-refractivity contribution in [1.82, 2.24) is 15.6 Å². The lowest BCUT2D eigenvalue weighted by atomic mass is 9.90. The van der Waals surface area contributed by atoms with Gasteiger partial charge in [0.15, 0.2) is 5.96 Å². The molecule has 1 fully saturated rings. The number of nitrogens with one attached hydrogen (secondary N) is 2. The molecule has 0 saturated carbocycles. The fourth-order valence-corrected chi connectivity index (χ4v) is 4.13. The Bertz CT molecular complexity index is 856. The van der Waals surface area contributed by atoms with E-state index in [2.05, 4.69) is 63.6 Å². The van der Waals surface area contributed by atoms with E-state index in [1.807, 2.05) is 18.3 Å². The van der Waals surface area contributed by atoms with Crippen LogP contribution in [0.1, 0.15) is 50.3 Å². The molecule has 6 nitrogen and oxygen atoms in total. The summed E-state index contributed by atoms with van der Waals surface area (Å²) in [5, 5.41) is 7.00. The Balaban J connectivity index is 1.39. The first kappa shape index (κ1) is 19.6. The van der Waals surface area contributed by atoms with Gasteiger partial charge in [-0.05, 0) is 44.4 Å². The number of benzene rings is 1. The number of fused-ring (bicyclic) bond motifs is 1. The Morgan fingerprint density at radius 1 is 1.21 bits per heavy atom. The highest BCUT2D eigenvalue weighted by Crippen LogP contribution is 2.39. The summed E-state index contributed by atoms with van der Waals surface area (Å²) in [4.78, 5) is 11.4. The predicted molar refractivity (Wildman–Crippen MR) is 118 cm³/mol. The molecule has 3 heterocycles. The van der Waals surface area contributed by atoms with Crippen molar-refractivity contribution in [3.63, 3.8) is 0 Å². The van der Waals surface area contributed by atoms with Gasteiger partial charge in [-0.1, -0.05) is 24.3 Å². The number of anilines is 1. The molecule has 2 aromatic rings. The van der Waals surface area contributed by atoms with Crippen molar-refractivity contribution in [2.24, 2.45) is 4.99 Å². The topological polar surface area (TPSA) is 61.8 Å². The second-order valence-electron chi connectivity index (χ2n) is 8.45. The first-order chi connectivity index (χ1) is 14.0. The van der Waals surface area contributed by atoms with Crippen LogP contribution < -0.4 is 20.3 Å². The lowest BCUT2D eigenvalue weighted by Gasteiger charge is -2.38. The first-order valence-electron chi connectivity index (χ1n) is 10.5. The number of hydrogen-bond acceptors (Lipinski definition) is 4. The highest BCUT2D eigenvalue weighted by atomic mass is 16.5. The van der Waals surface area contributed by atoms with Crippen LogP contribution in [0.4, 0.5) is 5.82 Å². The zero-order chi connectivity index (χ0) is 20.3. The lowest BCUT2D eigenvalue weighted by Crippen LogP contribution is -2.45. The summed E-state index contributed by atoms with van der Waals surface area (Å²) < 4.78 is 6.13. The van der Waals surface area contributed by atoms with Crippen LogP contribution in [-0.2, 0) is 6.54 Å². The molecule has 1 unspecified atom stereocenters. The molecule has 2 N–H and O–H groups in total. The molecule has 1 aromatic heterocycles. The van der Waals surface area contributed by atoms with E-state index in [1.165, 1.54) is 18.4 Å². The number of para-hydroxylation sites is 1. The summed E-state index contributed by atoms with van der Waals surface area (Å²) in [6, 6.07) is 12.6. The summed E-state index contributed by atoms with van der Waals surface area (Å²) in [7, 11) is 1.81. The molecule has 29 heavy (non-hydrogen) atoms. The molecule has 6 heteroatoms. The van der Waals surface area contributed by atoms with E-state index in [-0.39, 0.29) is 11.6 Å². The standard InChI is InChI=1S/C23H31N5O/c1-23(2)14-19(18-8-4-5-9-20(18)29-23)27-22(24-3)26-16-17-10-11-21(25-15-17)28-12-6-7-13-28/h4-5,8-11,15,19H,6-7,12-14,16H2,1-3H3,(H2,24,26,27). The van der Waals surface area contributed by atoms with Crippen molar-refractivity contribution in [1.29, 1.82) is 0 Å². The molecule has 4 rings (SSSR count). The van der Waals surface area contributed by atoms with Crippen molar-refractivity contribution in [3.8, 4) is 5.75 Å². The average molecular weight is 394 g/mol. The fraction of sp³-hybridized carbons (Fsp3) is 0.478. The van der Waals surface area contributed by atoms with Gasteiger partial charge in [0.1, 0.15) is 17.2 Å². The molecule has 154 valence electrons. The van der Waals surface area contributed by atoms with Crippen LogP contribution in [0.25, 0.3) is 0 Å². The van der Waals surface area contributed by atoms with E-state index in [4.69, 9.17) is 4.74 Å². The maximum absolute atomic E-state index is 6.13. The van der Waals surface area contributed by atoms with Crippen LogP contribution in [0.2, 0.25) is 0 Å². The number of nitrogens with zero attached hydrogens (tertiary/aromatic N) is 3. The van der Waals surface area contributed by atoms with Gasteiger partial charge in [0, 0.05) is 44.9 Å². The summed E-state index contributed by atoms with van der Waals surface area (Å²) >= 11 is 0. The first-order valence-corrected chi connectivity index (χ1v) is 10.5. The zero-order valence-electron chi connectivity index (χ0n) is 17.6. The van der Waals surface area contributed by atoms with Gasteiger partial charge < -0.3 is 20.3 Å². The molecule has 2 aliphatic heterocycles. The van der Waals surface area contributed by atoms with Crippen LogP contribution >= 0.6 is 0 Å². The summed E-state index contributed by atoms with van der Waals surface area (Å²) in [5.74, 6) is 2.80. The van der Waals surface area contributed by atoms with E-state index in [0.29, 0.717) is 6.54 Å². The number of aliphatic imine (C=N–C) groups is 1. The molecule has 2 aliphatic rings. The van der Waals surface area contributed by atoms with Crippen molar-refractivity contribution in [3.05, 3.63) is 53.7 Å². The third kappa shape index (κ3) is 4.63. The van der Waals surface area contributed by atoms with Crippen LogP contribution in [-0.4, -0.2) is 36.7 Å². The van der Waals surface area contributed by atoms with Gasteiger partial charge >= 0.3 is 0 Å². The Morgan fingerprint density at radius 2 is 2.00 bits per heavy atom. The van der Waals surface area contributed by atoms with Gasteiger partial charge in [-0.3, -0.25) is 4.99 Å². The Kier molecular flexibility index (Phi) is 5.60. The summed E-state index contributed by atoms with van der Waals surface area (Å²) in [6.45, 7) is 7.16. The Labute approximate surface area is 173 Å². The SMILES string of the molecule is CN=C(NCc1ccc(N2CCCC2)nc1)NC1CC(C)(C)Oc2ccccc21. The fourth-order valence-electron chi connectivity index (χ4n) is 4.13. The van der Waals surface area contributed by atoms with Crippen molar-refractivity contribution < 1.29 is 4.74 Å². The Morgan fingerprint density at radius 3 is 2.72 bits per heavy atom. The van der Waals surface area contributed by atoms with Gasteiger partial charge in [0.25, 0.3) is 0 Å². The van der Waals surface area contributed by atoms with Gasteiger partial charge in [0.05, 0.1) is 6.04 Å². The van der Waals surface area contributed by atoms with Gasteiger partial charge in [0.2, 0.25) is 0 Å². The summed E-state index contributed by atoms with van der Waals surface area (Å²) in [6.07, 6.45) is 5.36. The van der Waals surface area contributed by atoms with E-state index in [0.717, 1.165) is 42.6 Å². The molecule has 0 amide bonds. The third-order valence-electron chi connectivity index (χ3n) is 5.61. The normalized spacial score (nSPS) is 20.7. The van der Waals surface area contributed by atoms with Gasteiger partial charge in [-0.15, -0.1) is 0 Å². The number of guanidine groups is 1.